The molecule has 2 aliphatic carbocycles. The van der Waals surface area contributed by atoms with Gasteiger partial charge in [-0.25, -0.2) is 0 Å². The van der Waals surface area contributed by atoms with Gasteiger partial charge in [0.05, 0.1) is 6.10 Å². The van der Waals surface area contributed by atoms with Gasteiger partial charge in [-0.3, -0.25) is 0 Å². The van der Waals surface area contributed by atoms with Crippen LogP contribution in [0.5, 0.6) is 5.75 Å². The van der Waals surface area contributed by atoms with E-state index < -0.39 is 8.32 Å². The van der Waals surface area contributed by atoms with Crippen molar-refractivity contribution in [2.24, 2.45) is 11.3 Å². The van der Waals surface area contributed by atoms with E-state index in [-0.39, 0.29) is 10.5 Å². The minimum Gasteiger partial charge on any atom is -0.508 e. The highest BCUT2D eigenvalue weighted by Crippen LogP contribution is 2.55. The quantitative estimate of drug-likeness (QED) is 0.636. The molecule has 0 aliphatic heterocycles. The third-order valence-corrected chi connectivity index (χ3v) is 11.6. The first kappa shape index (κ1) is 18.7. The largest absolute Gasteiger partial charge is 0.508 e. The van der Waals surface area contributed by atoms with Gasteiger partial charge in [-0.1, -0.05) is 45.9 Å². The molecule has 3 rings (SSSR count). The van der Waals surface area contributed by atoms with E-state index in [4.69, 9.17) is 4.43 Å². The molecule has 1 aromatic carbocycles. The molecule has 0 saturated heterocycles. The number of fused-ring (bicyclic) bond motifs is 1. The van der Waals surface area contributed by atoms with E-state index >= 15 is 0 Å². The first-order chi connectivity index (χ1) is 11.5. The molecule has 2 aliphatic rings. The van der Waals surface area contributed by atoms with Crippen molar-refractivity contribution >= 4 is 13.9 Å². The van der Waals surface area contributed by atoms with E-state index in [1.54, 1.807) is 12.1 Å². The summed E-state index contributed by atoms with van der Waals surface area (Å²) in [6.45, 7) is 14.2. The minimum atomic E-state index is -1.73. The molecule has 1 fully saturated rings. The highest BCUT2D eigenvalue weighted by molar-refractivity contribution is 6.74. The molecule has 0 spiro atoms. The number of allylic oxidation sites excluding steroid dienone is 2. The van der Waals surface area contributed by atoms with Crippen LogP contribution < -0.4 is 0 Å². The SMILES string of the molecule is CC(C)(C)[Si](C)(C)O[C@H]1CCC2C=C(c3ccc(O)cc3)CC[C@@]21C. The van der Waals surface area contributed by atoms with Crippen LogP contribution in [0.15, 0.2) is 30.3 Å². The Hall–Kier alpha value is -1.06. The van der Waals surface area contributed by atoms with E-state index in [1.807, 2.05) is 12.1 Å². The number of phenols is 1. The average Bonchev–Trinajstić information content (AvgIpc) is 2.83. The lowest BCUT2D eigenvalue weighted by Gasteiger charge is -2.45. The Balaban J connectivity index is 1.80. The summed E-state index contributed by atoms with van der Waals surface area (Å²) in [6.07, 6.45) is 7.63. The Kier molecular flexibility index (Phi) is 4.70. The summed E-state index contributed by atoms with van der Waals surface area (Å²) in [5.41, 5.74) is 2.97. The highest BCUT2D eigenvalue weighted by atomic mass is 28.4. The monoisotopic (exact) mass is 358 g/mol. The summed E-state index contributed by atoms with van der Waals surface area (Å²) in [4.78, 5) is 0. The third kappa shape index (κ3) is 3.46. The maximum atomic E-state index is 9.52. The topological polar surface area (TPSA) is 29.5 Å². The molecular formula is C22H34O2Si. The molecule has 0 radical (unpaired) electrons. The predicted molar refractivity (Wildman–Crippen MR) is 108 cm³/mol. The van der Waals surface area contributed by atoms with Crippen LogP contribution in [0.2, 0.25) is 18.1 Å². The molecule has 0 amide bonds. The minimum absolute atomic E-state index is 0.267. The van der Waals surface area contributed by atoms with Gasteiger partial charge in [-0.2, -0.15) is 0 Å². The Morgan fingerprint density at radius 1 is 1.12 bits per heavy atom. The van der Waals surface area contributed by atoms with Gasteiger partial charge >= 0.3 is 0 Å². The third-order valence-electron chi connectivity index (χ3n) is 7.14. The van der Waals surface area contributed by atoms with Gasteiger partial charge in [0.15, 0.2) is 8.32 Å². The number of aromatic hydroxyl groups is 1. The van der Waals surface area contributed by atoms with Crippen molar-refractivity contribution < 1.29 is 9.53 Å². The molecule has 25 heavy (non-hydrogen) atoms. The molecule has 138 valence electrons. The fourth-order valence-electron chi connectivity index (χ4n) is 4.22. The number of rotatable bonds is 3. The van der Waals surface area contributed by atoms with Crippen LogP contribution in [0.3, 0.4) is 0 Å². The number of phenolic OH excluding ortho intramolecular Hbond substituents is 1. The molecule has 0 aromatic heterocycles. The van der Waals surface area contributed by atoms with Crippen molar-refractivity contribution in [3.05, 3.63) is 35.9 Å². The molecule has 1 aromatic rings. The molecule has 0 bridgehead atoms. The van der Waals surface area contributed by atoms with Crippen LogP contribution in [0.4, 0.5) is 0 Å². The van der Waals surface area contributed by atoms with Gasteiger partial charge < -0.3 is 9.53 Å². The van der Waals surface area contributed by atoms with Gasteiger partial charge in [0.2, 0.25) is 0 Å². The van der Waals surface area contributed by atoms with Crippen molar-refractivity contribution in [2.45, 2.75) is 77.6 Å². The van der Waals surface area contributed by atoms with Crippen molar-refractivity contribution in [1.82, 2.24) is 0 Å². The van der Waals surface area contributed by atoms with E-state index in [0.29, 0.717) is 17.8 Å². The zero-order valence-corrected chi connectivity index (χ0v) is 17.7. The first-order valence-electron chi connectivity index (χ1n) is 9.71. The fraction of sp³-hybridized carbons (Fsp3) is 0.636. The van der Waals surface area contributed by atoms with E-state index in [9.17, 15) is 5.11 Å². The van der Waals surface area contributed by atoms with E-state index in [0.717, 1.165) is 6.42 Å². The Labute approximate surface area is 154 Å². The van der Waals surface area contributed by atoms with Crippen molar-refractivity contribution in [3.63, 3.8) is 0 Å². The molecule has 2 nitrogen and oxygen atoms in total. The summed E-state index contributed by atoms with van der Waals surface area (Å²) >= 11 is 0. The van der Waals surface area contributed by atoms with Crippen molar-refractivity contribution in [1.29, 1.82) is 0 Å². The molecule has 3 atom stereocenters. The van der Waals surface area contributed by atoms with Crippen LogP contribution in [-0.4, -0.2) is 19.5 Å². The summed E-state index contributed by atoms with van der Waals surface area (Å²) in [6, 6.07) is 7.68. The molecule has 3 heteroatoms. The Morgan fingerprint density at radius 3 is 2.36 bits per heavy atom. The smallest absolute Gasteiger partial charge is 0.192 e. The molecular weight excluding hydrogens is 324 g/mol. The Morgan fingerprint density at radius 2 is 1.76 bits per heavy atom. The van der Waals surface area contributed by atoms with Gasteiger partial charge in [0.25, 0.3) is 0 Å². The normalized spacial score (nSPS) is 30.1. The van der Waals surface area contributed by atoms with E-state index in [1.165, 1.54) is 30.4 Å². The van der Waals surface area contributed by atoms with Crippen LogP contribution in [0.25, 0.3) is 5.57 Å². The standard InChI is InChI=1S/C22H34O2Si/c1-21(2,3)25(5,6)24-20-12-9-18-15-17(13-14-22(18,20)4)16-7-10-19(23)11-8-16/h7-8,10-11,15,18,20,23H,9,12-14H2,1-6H3/t18?,20-,22-/m0/s1. The van der Waals surface area contributed by atoms with Gasteiger partial charge in [-0.05, 0) is 78.4 Å². The van der Waals surface area contributed by atoms with Crippen molar-refractivity contribution in [3.8, 4) is 5.75 Å². The number of benzene rings is 1. The lowest BCUT2D eigenvalue weighted by atomic mass is 9.69. The van der Waals surface area contributed by atoms with Crippen LogP contribution in [-0.2, 0) is 4.43 Å². The lowest BCUT2D eigenvalue weighted by molar-refractivity contribution is 0.0508. The second kappa shape index (κ2) is 6.28. The average molecular weight is 359 g/mol. The summed E-state index contributed by atoms with van der Waals surface area (Å²) in [5, 5.41) is 9.79. The van der Waals surface area contributed by atoms with Crippen molar-refractivity contribution in [2.75, 3.05) is 0 Å². The van der Waals surface area contributed by atoms with Crippen LogP contribution >= 0.6 is 0 Å². The molecule has 1 N–H and O–H groups in total. The van der Waals surface area contributed by atoms with Crippen LogP contribution in [0.1, 0.15) is 58.9 Å². The van der Waals surface area contributed by atoms with E-state index in [2.05, 4.69) is 46.9 Å². The summed E-state index contributed by atoms with van der Waals surface area (Å²) < 4.78 is 6.87. The maximum Gasteiger partial charge on any atom is 0.192 e. The molecule has 1 saturated carbocycles. The summed E-state index contributed by atoms with van der Waals surface area (Å²) in [7, 11) is -1.73. The maximum absolute atomic E-state index is 9.52. The van der Waals surface area contributed by atoms with Gasteiger partial charge in [0, 0.05) is 0 Å². The number of hydrogen-bond donors (Lipinski definition) is 1. The van der Waals surface area contributed by atoms with Crippen LogP contribution in [0, 0.1) is 11.3 Å². The van der Waals surface area contributed by atoms with Gasteiger partial charge in [-0.15, -0.1) is 0 Å². The fourth-order valence-corrected chi connectivity index (χ4v) is 5.67. The second-order valence-corrected chi connectivity index (χ2v) is 14.6. The highest BCUT2D eigenvalue weighted by Gasteiger charge is 2.51. The van der Waals surface area contributed by atoms with Gasteiger partial charge in [0.1, 0.15) is 5.75 Å². The lowest BCUT2D eigenvalue weighted by Crippen LogP contribution is -2.48. The Bertz CT molecular complexity index is 654. The zero-order chi connectivity index (χ0) is 18.5. The predicted octanol–water partition coefficient (Wildman–Crippen LogP) is 6.38. The molecule has 1 unspecified atom stereocenters. The molecule has 0 heterocycles. The summed E-state index contributed by atoms with van der Waals surface area (Å²) in [5.74, 6) is 0.952. The number of hydrogen-bond acceptors (Lipinski definition) is 2. The second-order valence-electron chi connectivity index (χ2n) is 9.80. The first-order valence-corrected chi connectivity index (χ1v) is 12.6. The zero-order valence-electron chi connectivity index (χ0n) is 16.7.